The Morgan fingerprint density at radius 3 is 2.37 bits per heavy atom. The van der Waals surface area contributed by atoms with Gasteiger partial charge in [0.2, 0.25) is 0 Å². The van der Waals surface area contributed by atoms with Crippen LogP contribution in [0.15, 0.2) is 54.6 Å². The molecule has 0 aliphatic heterocycles. The number of nitrogens with two attached hydrogens (primary N) is 1. The molecule has 0 bridgehead atoms. The van der Waals surface area contributed by atoms with Gasteiger partial charge in [-0.25, -0.2) is 0 Å². The molecule has 1 fully saturated rings. The highest BCUT2D eigenvalue weighted by atomic mass is 15.2. The van der Waals surface area contributed by atoms with Crippen LogP contribution in [0.1, 0.15) is 24.0 Å². The quantitative estimate of drug-likeness (QED) is 0.884. The summed E-state index contributed by atoms with van der Waals surface area (Å²) in [5, 5.41) is 0. The van der Waals surface area contributed by atoms with Gasteiger partial charge in [-0.15, -0.1) is 0 Å². The van der Waals surface area contributed by atoms with Gasteiger partial charge < -0.3 is 10.6 Å². The predicted molar refractivity (Wildman–Crippen MR) is 80.0 cm³/mol. The average Bonchev–Trinajstić information content (AvgIpc) is 3.30. The fourth-order valence-corrected chi connectivity index (χ4v) is 2.46. The van der Waals surface area contributed by atoms with Crippen LogP contribution in [0.4, 0.5) is 5.69 Å². The first-order chi connectivity index (χ1) is 9.36. The van der Waals surface area contributed by atoms with Gasteiger partial charge in [-0.3, -0.25) is 0 Å². The van der Waals surface area contributed by atoms with Crippen molar-refractivity contribution >= 4 is 5.69 Å². The zero-order valence-corrected chi connectivity index (χ0v) is 11.1. The van der Waals surface area contributed by atoms with Crippen molar-refractivity contribution in [2.75, 3.05) is 4.90 Å². The third kappa shape index (κ3) is 2.96. The maximum absolute atomic E-state index is 5.74. The highest BCUT2D eigenvalue weighted by Crippen LogP contribution is 2.33. The van der Waals surface area contributed by atoms with Crippen molar-refractivity contribution in [1.82, 2.24) is 0 Å². The number of benzene rings is 2. The Labute approximate surface area is 114 Å². The van der Waals surface area contributed by atoms with Crippen molar-refractivity contribution in [2.24, 2.45) is 5.73 Å². The lowest BCUT2D eigenvalue weighted by Gasteiger charge is -2.25. The lowest BCUT2D eigenvalue weighted by molar-refractivity contribution is 0.793. The number of nitrogens with zero attached hydrogens (tertiary/aromatic N) is 1. The molecule has 2 aromatic rings. The zero-order valence-electron chi connectivity index (χ0n) is 11.1. The Morgan fingerprint density at radius 2 is 1.68 bits per heavy atom. The van der Waals surface area contributed by atoms with Crippen molar-refractivity contribution in [3.8, 4) is 0 Å². The molecule has 0 saturated heterocycles. The van der Waals surface area contributed by atoms with Crippen molar-refractivity contribution in [3.63, 3.8) is 0 Å². The second kappa shape index (κ2) is 5.45. The monoisotopic (exact) mass is 252 g/mol. The maximum Gasteiger partial charge on any atom is 0.0432 e. The van der Waals surface area contributed by atoms with Crippen LogP contribution in [-0.4, -0.2) is 6.04 Å². The van der Waals surface area contributed by atoms with E-state index in [1.54, 1.807) is 0 Å². The van der Waals surface area contributed by atoms with Crippen molar-refractivity contribution in [3.05, 3.63) is 65.7 Å². The van der Waals surface area contributed by atoms with Crippen LogP contribution in [0, 0.1) is 0 Å². The number of hydrogen-bond acceptors (Lipinski definition) is 2. The fraction of sp³-hybridized carbons (Fsp3) is 0.294. The van der Waals surface area contributed by atoms with Gasteiger partial charge in [0.15, 0.2) is 0 Å². The van der Waals surface area contributed by atoms with E-state index in [0.717, 1.165) is 6.54 Å². The van der Waals surface area contributed by atoms with Gasteiger partial charge in [0.05, 0.1) is 0 Å². The van der Waals surface area contributed by atoms with Crippen LogP contribution in [0.25, 0.3) is 0 Å². The number of hydrogen-bond donors (Lipinski definition) is 1. The normalized spacial score (nSPS) is 14.4. The topological polar surface area (TPSA) is 29.3 Å². The van der Waals surface area contributed by atoms with Gasteiger partial charge in [0, 0.05) is 24.8 Å². The summed E-state index contributed by atoms with van der Waals surface area (Å²) in [6, 6.07) is 20.0. The summed E-state index contributed by atoms with van der Waals surface area (Å²) in [5.74, 6) is 0. The Morgan fingerprint density at radius 1 is 0.947 bits per heavy atom. The van der Waals surface area contributed by atoms with Crippen molar-refractivity contribution in [2.45, 2.75) is 32.0 Å². The minimum atomic E-state index is 0.609. The van der Waals surface area contributed by atoms with Crippen molar-refractivity contribution in [1.29, 1.82) is 0 Å². The summed E-state index contributed by atoms with van der Waals surface area (Å²) in [5.41, 5.74) is 9.62. The van der Waals surface area contributed by atoms with E-state index in [1.807, 2.05) is 0 Å². The average molecular weight is 252 g/mol. The lowest BCUT2D eigenvalue weighted by Crippen LogP contribution is -2.25. The van der Waals surface area contributed by atoms with E-state index in [4.69, 9.17) is 5.73 Å². The summed E-state index contributed by atoms with van der Waals surface area (Å²) in [4.78, 5) is 2.51. The molecule has 1 saturated carbocycles. The predicted octanol–water partition coefficient (Wildman–Crippen LogP) is 3.31. The van der Waals surface area contributed by atoms with Gasteiger partial charge in [-0.1, -0.05) is 42.5 Å². The second-order valence-corrected chi connectivity index (χ2v) is 5.22. The van der Waals surface area contributed by atoms with Crippen LogP contribution < -0.4 is 10.6 Å². The first kappa shape index (κ1) is 12.2. The second-order valence-electron chi connectivity index (χ2n) is 5.22. The smallest absolute Gasteiger partial charge is 0.0432 e. The van der Waals surface area contributed by atoms with E-state index >= 15 is 0 Å². The molecule has 2 aromatic carbocycles. The van der Waals surface area contributed by atoms with Gasteiger partial charge in [-0.05, 0) is 36.1 Å². The van der Waals surface area contributed by atoms with Gasteiger partial charge in [-0.2, -0.15) is 0 Å². The van der Waals surface area contributed by atoms with Gasteiger partial charge in [0.25, 0.3) is 0 Å². The Balaban J connectivity index is 1.84. The van der Waals surface area contributed by atoms with Crippen LogP contribution in [0.2, 0.25) is 0 Å². The van der Waals surface area contributed by atoms with Crippen LogP contribution in [-0.2, 0) is 13.1 Å². The van der Waals surface area contributed by atoms with E-state index in [1.165, 1.54) is 29.7 Å². The molecule has 2 N–H and O–H groups in total. The molecule has 0 atom stereocenters. The lowest BCUT2D eigenvalue weighted by atomic mass is 10.1. The molecule has 0 unspecified atom stereocenters. The molecule has 0 radical (unpaired) electrons. The van der Waals surface area contributed by atoms with E-state index in [0.29, 0.717) is 12.6 Å². The minimum absolute atomic E-state index is 0.609. The molecule has 2 heteroatoms. The van der Waals surface area contributed by atoms with Crippen molar-refractivity contribution < 1.29 is 0 Å². The van der Waals surface area contributed by atoms with Crippen LogP contribution in [0.3, 0.4) is 0 Å². The van der Waals surface area contributed by atoms with E-state index in [-0.39, 0.29) is 0 Å². The standard InChI is InChI=1S/C17H20N2/c18-12-15-7-4-8-17(11-15)19(16-9-10-16)13-14-5-2-1-3-6-14/h1-8,11,16H,9-10,12-13,18H2. The van der Waals surface area contributed by atoms with E-state index in [9.17, 15) is 0 Å². The molecule has 0 aromatic heterocycles. The fourth-order valence-electron chi connectivity index (χ4n) is 2.46. The molecule has 2 nitrogen and oxygen atoms in total. The number of rotatable bonds is 5. The molecule has 19 heavy (non-hydrogen) atoms. The summed E-state index contributed by atoms with van der Waals surface area (Å²) >= 11 is 0. The number of anilines is 1. The molecule has 0 heterocycles. The Hall–Kier alpha value is -1.80. The molecular formula is C17H20N2. The summed E-state index contributed by atoms with van der Waals surface area (Å²) in [7, 11) is 0. The molecule has 0 amide bonds. The van der Waals surface area contributed by atoms with Crippen LogP contribution in [0.5, 0.6) is 0 Å². The van der Waals surface area contributed by atoms with Crippen LogP contribution >= 0.6 is 0 Å². The molecule has 1 aliphatic carbocycles. The maximum atomic E-state index is 5.74. The largest absolute Gasteiger partial charge is 0.364 e. The third-order valence-electron chi connectivity index (χ3n) is 3.66. The highest BCUT2D eigenvalue weighted by Gasteiger charge is 2.29. The third-order valence-corrected chi connectivity index (χ3v) is 3.66. The van der Waals surface area contributed by atoms with E-state index < -0.39 is 0 Å². The molecule has 1 aliphatic rings. The van der Waals surface area contributed by atoms with Gasteiger partial charge >= 0.3 is 0 Å². The first-order valence-corrected chi connectivity index (χ1v) is 6.96. The SMILES string of the molecule is NCc1cccc(N(Cc2ccccc2)C2CC2)c1. The molecule has 98 valence electrons. The summed E-state index contributed by atoms with van der Waals surface area (Å²) in [6.45, 7) is 1.59. The van der Waals surface area contributed by atoms with Gasteiger partial charge in [0.1, 0.15) is 0 Å². The first-order valence-electron chi connectivity index (χ1n) is 6.96. The Kier molecular flexibility index (Phi) is 3.51. The molecular weight excluding hydrogens is 232 g/mol. The highest BCUT2D eigenvalue weighted by molar-refractivity contribution is 5.51. The zero-order chi connectivity index (χ0) is 13.1. The molecule has 0 spiro atoms. The molecule has 3 rings (SSSR count). The van der Waals surface area contributed by atoms with E-state index in [2.05, 4.69) is 59.5 Å². The minimum Gasteiger partial charge on any atom is -0.364 e. The summed E-state index contributed by atoms with van der Waals surface area (Å²) < 4.78 is 0. The Bertz CT molecular complexity index is 532. The summed E-state index contributed by atoms with van der Waals surface area (Å²) in [6.07, 6.45) is 2.61.